The SMILES string of the molecule is CCCCCCCCC(CCCCCC)CN1C(=O)C2=C(c3ccc(-c4cc(CCCCCC)c(Br)s4)o3)N(CC(CCCCCC)CCCCCCCC)C(O)C2=C1c1ccc(-c2cc(CCCCCC)c(Br)s2)o1. The molecular weight excluding hydrogens is 1110 g/mol. The zero-order valence-electron chi connectivity index (χ0n) is 48.3. The number of furan rings is 2. The van der Waals surface area contributed by atoms with Crippen molar-refractivity contribution in [2.75, 3.05) is 13.1 Å². The highest BCUT2D eigenvalue weighted by Gasteiger charge is 2.51. The molecule has 0 aliphatic carbocycles. The van der Waals surface area contributed by atoms with Crippen molar-refractivity contribution in [1.82, 2.24) is 9.80 Å². The van der Waals surface area contributed by atoms with Crippen molar-refractivity contribution in [3.63, 3.8) is 0 Å². The fourth-order valence-electron chi connectivity index (χ4n) is 11.8. The number of hydrogen-bond acceptors (Lipinski definition) is 7. The Balaban J connectivity index is 1.45. The van der Waals surface area contributed by atoms with E-state index in [0.717, 1.165) is 85.2 Å². The molecule has 6 heterocycles. The maximum absolute atomic E-state index is 16.0. The molecular formula is C66H100Br2N2O4S2. The lowest BCUT2D eigenvalue weighted by Gasteiger charge is -2.32. The summed E-state index contributed by atoms with van der Waals surface area (Å²) in [6.07, 6.45) is 40.0. The molecule has 6 nitrogen and oxygen atoms in total. The molecule has 0 aromatic carbocycles. The molecule has 1 amide bonds. The van der Waals surface area contributed by atoms with Gasteiger partial charge in [0.2, 0.25) is 0 Å². The van der Waals surface area contributed by atoms with E-state index in [1.165, 1.54) is 184 Å². The molecule has 1 N–H and O–H groups in total. The smallest absolute Gasteiger partial charge is 0.261 e. The molecule has 76 heavy (non-hydrogen) atoms. The van der Waals surface area contributed by atoms with E-state index in [-0.39, 0.29) is 5.91 Å². The van der Waals surface area contributed by atoms with E-state index < -0.39 is 6.23 Å². The number of aryl methyl sites for hydroxylation is 2. The number of halogens is 2. The standard InChI is InChI=1S/C66H100Br2N2O4S2/c1-7-13-19-25-27-31-37-49(35-29-21-15-9-3)47-69-61(55-43-41-53(73-55)57-45-51(63(67)75-57)39-33-23-17-11-5)59-60(65(69)71)62(56-44-42-54(74-56)58-46-52(64(68)76-58)40-34-24-18-12-6)70(66(59)72)48-50(36-30-22-16-10-4)38-32-28-26-20-14-8-2/h41-46,49-50,65,71H,7-40,47-48H2,1-6H3. The van der Waals surface area contributed by atoms with E-state index in [2.05, 4.69) is 115 Å². The van der Waals surface area contributed by atoms with Crippen LogP contribution in [0, 0.1) is 11.8 Å². The van der Waals surface area contributed by atoms with Crippen molar-refractivity contribution in [2.45, 2.75) is 266 Å². The minimum absolute atomic E-state index is 0.0316. The van der Waals surface area contributed by atoms with E-state index in [4.69, 9.17) is 8.83 Å². The number of carbonyl (C=O) groups excluding carboxylic acids is 1. The molecule has 10 heteroatoms. The van der Waals surface area contributed by atoms with Crippen molar-refractivity contribution in [2.24, 2.45) is 11.8 Å². The van der Waals surface area contributed by atoms with Gasteiger partial charge in [-0.1, -0.05) is 208 Å². The van der Waals surface area contributed by atoms with Crippen molar-refractivity contribution >= 4 is 71.8 Å². The van der Waals surface area contributed by atoms with Gasteiger partial charge in [-0.2, -0.15) is 0 Å². The third-order valence-electron chi connectivity index (χ3n) is 16.4. The number of nitrogens with zero attached hydrogens (tertiary/aromatic N) is 2. The van der Waals surface area contributed by atoms with E-state index in [1.54, 1.807) is 22.7 Å². The van der Waals surface area contributed by atoms with Crippen LogP contribution in [0.5, 0.6) is 0 Å². The largest absolute Gasteiger partial charge is 0.454 e. The number of thiophene rings is 2. The molecule has 0 saturated heterocycles. The average molecular weight is 1210 g/mol. The second-order valence-corrected chi connectivity index (χ2v) is 27.5. The molecule has 0 radical (unpaired) electrons. The van der Waals surface area contributed by atoms with Gasteiger partial charge in [-0.05, 0) is 143 Å². The number of hydrogen-bond donors (Lipinski definition) is 1. The van der Waals surface area contributed by atoms with Gasteiger partial charge in [0.1, 0.15) is 11.5 Å². The average Bonchev–Trinajstić information content (AvgIpc) is 4.32. The number of aliphatic hydroxyl groups excluding tert-OH is 1. The first-order chi connectivity index (χ1) is 37.2. The molecule has 424 valence electrons. The van der Waals surface area contributed by atoms with Gasteiger partial charge in [-0.25, -0.2) is 0 Å². The Hall–Kier alpha value is -2.37. The molecule has 4 aromatic rings. The fourth-order valence-corrected chi connectivity index (χ4v) is 15.3. The summed E-state index contributed by atoms with van der Waals surface area (Å²) in [5, 5.41) is 13.3. The Labute approximate surface area is 487 Å². The minimum atomic E-state index is -1.03. The van der Waals surface area contributed by atoms with Gasteiger partial charge in [0, 0.05) is 18.7 Å². The summed E-state index contributed by atoms with van der Waals surface area (Å²) in [5.74, 6) is 3.60. The van der Waals surface area contributed by atoms with E-state index in [9.17, 15) is 5.11 Å². The van der Waals surface area contributed by atoms with Gasteiger partial charge >= 0.3 is 0 Å². The highest BCUT2D eigenvalue weighted by atomic mass is 79.9. The van der Waals surface area contributed by atoms with Crippen LogP contribution in [0.15, 0.2) is 64.0 Å². The van der Waals surface area contributed by atoms with Gasteiger partial charge in [0.25, 0.3) is 5.91 Å². The maximum atomic E-state index is 16.0. The first-order valence-electron chi connectivity index (χ1n) is 31.2. The summed E-state index contributed by atoms with van der Waals surface area (Å²) >= 11 is 11.3. The van der Waals surface area contributed by atoms with E-state index >= 15 is 4.79 Å². The molecule has 2 aliphatic rings. The van der Waals surface area contributed by atoms with Gasteiger partial charge in [-0.15, -0.1) is 22.7 Å². The van der Waals surface area contributed by atoms with Crippen LogP contribution in [0.4, 0.5) is 0 Å². The Morgan fingerprint density at radius 2 is 0.842 bits per heavy atom. The van der Waals surface area contributed by atoms with Gasteiger partial charge in [0.15, 0.2) is 17.7 Å². The molecule has 0 saturated carbocycles. The van der Waals surface area contributed by atoms with Gasteiger partial charge in [0.05, 0.1) is 34.3 Å². The van der Waals surface area contributed by atoms with Crippen LogP contribution in [0.25, 0.3) is 32.7 Å². The lowest BCUT2D eigenvalue weighted by molar-refractivity contribution is -0.123. The first-order valence-corrected chi connectivity index (χ1v) is 34.4. The minimum Gasteiger partial charge on any atom is -0.454 e. The van der Waals surface area contributed by atoms with Crippen LogP contribution in [0.3, 0.4) is 0 Å². The third-order valence-corrected chi connectivity index (χ3v) is 20.3. The number of carbonyl (C=O) groups is 1. The van der Waals surface area contributed by atoms with Gasteiger partial charge < -0.3 is 23.7 Å². The molecule has 4 aromatic heterocycles. The first kappa shape index (κ1) is 62.8. The van der Waals surface area contributed by atoms with Crippen LogP contribution in [-0.2, 0) is 17.6 Å². The summed E-state index contributed by atoms with van der Waals surface area (Å²) in [7, 11) is 0. The molecule has 0 bridgehead atoms. The fraction of sp³-hybridized carbons (Fsp3) is 0.682. The second kappa shape index (κ2) is 34.7. The van der Waals surface area contributed by atoms with Crippen LogP contribution < -0.4 is 0 Å². The summed E-state index contributed by atoms with van der Waals surface area (Å²) in [6, 6.07) is 12.9. The van der Waals surface area contributed by atoms with Crippen molar-refractivity contribution in [3.05, 3.63) is 77.8 Å². The number of amides is 1. The van der Waals surface area contributed by atoms with Gasteiger partial charge in [-0.3, -0.25) is 4.79 Å². The molecule has 3 atom stereocenters. The second-order valence-electron chi connectivity index (χ2n) is 22.7. The molecule has 3 unspecified atom stereocenters. The molecule has 0 spiro atoms. The van der Waals surface area contributed by atoms with Crippen LogP contribution in [-0.4, -0.2) is 40.1 Å². The zero-order valence-corrected chi connectivity index (χ0v) is 53.1. The quantitative estimate of drug-likeness (QED) is 0.0448. The lowest BCUT2D eigenvalue weighted by atomic mass is 9.93. The number of unbranched alkanes of at least 4 members (excludes halogenated alkanes) is 22. The highest BCUT2D eigenvalue weighted by molar-refractivity contribution is 9.11. The predicted octanol–water partition coefficient (Wildman–Crippen LogP) is 22.4. The van der Waals surface area contributed by atoms with Crippen molar-refractivity contribution in [3.8, 4) is 21.3 Å². The summed E-state index contributed by atoms with van der Waals surface area (Å²) < 4.78 is 16.4. The normalized spacial score (nSPS) is 15.6. The maximum Gasteiger partial charge on any atom is 0.261 e. The Morgan fingerprint density at radius 3 is 1.28 bits per heavy atom. The number of rotatable bonds is 42. The lowest BCUT2D eigenvalue weighted by Crippen LogP contribution is -2.37. The highest BCUT2D eigenvalue weighted by Crippen LogP contribution is 2.51. The Bertz CT molecular complexity index is 2350. The molecule has 0 fully saturated rings. The number of aliphatic hydroxyl groups is 1. The molecule has 6 rings (SSSR count). The monoisotopic (exact) mass is 1210 g/mol. The molecule has 2 aliphatic heterocycles. The van der Waals surface area contributed by atoms with E-state index in [0.29, 0.717) is 47.6 Å². The topological polar surface area (TPSA) is 70.1 Å². The summed E-state index contributed by atoms with van der Waals surface area (Å²) in [5.41, 5.74) is 5.41. The van der Waals surface area contributed by atoms with Crippen molar-refractivity contribution < 1.29 is 18.7 Å². The summed E-state index contributed by atoms with van der Waals surface area (Å²) in [6.45, 7) is 14.9. The Morgan fingerprint density at radius 1 is 0.487 bits per heavy atom. The van der Waals surface area contributed by atoms with Crippen LogP contribution >= 0.6 is 54.5 Å². The van der Waals surface area contributed by atoms with Crippen LogP contribution in [0.1, 0.15) is 270 Å². The van der Waals surface area contributed by atoms with Crippen molar-refractivity contribution in [1.29, 1.82) is 0 Å². The zero-order chi connectivity index (χ0) is 54.1. The number of fused-ring (bicyclic) bond motifs is 1. The predicted molar refractivity (Wildman–Crippen MR) is 334 cm³/mol. The Kier molecular flexibility index (Phi) is 28.7. The van der Waals surface area contributed by atoms with E-state index in [1.807, 2.05) is 4.90 Å². The summed E-state index contributed by atoms with van der Waals surface area (Å²) in [4.78, 5) is 22.4. The third kappa shape index (κ3) is 18.3. The van der Waals surface area contributed by atoms with Crippen LogP contribution in [0.2, 0.25) is 0 Å².